The monoisotopic (exact) mass is 396 g/mol. The lowest BCUT2D eigenvalue weighted by molar-refractivity contribution is -0.137. The number of carbonyl (C=O) groups is 4. The van der Waals surface area contributed by atoms with Crippen molar-refractivity contribution in [1.82, 2.24) is 15.2 Å². The highest BCUT2D eigenvalue weighted by Gasteiger charge is 2.39. The number of hydrogen-bond donors (Lipinski definition) is 3. The summed E-state index contributed by atoms with van der Waals surface area (Å²) >= 11 is 0. The number of amides is 3. The van der Waals surface area contributed by atoms with Crippen LogP contribution in [0.15, 0.2) is 55.0 Å². The second-order valence-corrected chi connectivity index (χ2v) is 6.47. The largest absolute Gasteiger partial charge is 0.481 e. The minimum Gasteiger partial charge on any atom is -0.481 e. The zero-order valence-corrected chi connectivity index (χ0v) is 15.7. The molecule has 1 aromatic heterocycles. The van der Waals surface area contributed by atoms with E-state index in [4.69, 9.17) is 5.11 Å². The molecule has 1 aliphatic rings. The van der Waals surface area contributed by atoms with Gasteiger partial charge in [0.1, 0.15) is 0 Å². The number of likely N-dealkylation sites (N-methyl/N-ethyl adjacent to an activating group) is 1. The van der Waals surface area contributed by atoms with Gasteiger partial charge in [-0.1, -0.05) is 12.1 Å². The quantitative estimate of drug-likeness (QED) is 0.640. The van der Waals surface area contributed by atoms with Crippen LogP contribution in [0.4, 0.5) is 10.5 Å². The van der Waals surface area contributed by atoms with E-state index in [0.29, 0.717) is 5.69 Å². The molecule has 3 N–H and O–H groups in total. The molecule has 9 heteroatoms. The lowest BCUT2D eigenvalue weighted by Gasteiger charge is -2.33. The Labute approximate surface area is 166 Å². The zero-order chi connectivity index (χ0) is 21.0. The molecule has 0 fully saturated rings. The molecule has 1 aliphatic heterocycles. The number of aromatic nitrogens is 1. The van der Waals surface area contributed by atoms with Crippen LogP contribution in [0.2, 0.25) is 0 Å². The molecule has 0 aliphatic carbocycles. The second kappa shape index (κ2) is 8.42. The Balaban J connectivity index is 1.99. The van der Waals surface area contributed by atoms with Crippen LogP contribution in [-0.4, -0.2) is 58.3 Å². The molecular weight excluding hydrogens is 376 g/mol. The number of carboxylic acid groups (broad SMARTS) is 1. The van der Waals surface area contributed by atoms with Crippen LogP contribution in [-0.2, 0) is 14.4 Å². The number of aliphatic carboxylic acids is 1. The van der Waals surface area contributed by atoms with E-state index in [1.807, 2.05) is 12.1 Å². The molecule has 0 saturated heterocycles. The van der Waals surface area contributed by atoms with Crippen molar-refractivity contribution in [3.63, 3.8) is 0 Å². The number of rotatable bonds is 6. The predicted molar refractivity (Wildman–Crippen MR) is 105 cm³/mol. The molecule has 29 heavy (non-hydrogen) atoms. The number of nitrogens with one attached hydrogen (secondary N) is 2. The summed E-state index contributed by atoms with van der Waals surface area (Å²) in [6.07, 6.45) is 5.84. The minimum atomic E-state index is -1.38. The predicted octanol–water partition coefficient (Wildman–Crippen LogP) is 1.60. The maximum absolute atomic E-state index is 12.9. The number of ketones is 1. The van der Waals surface area contributed by atoms with Crippen LogP contribution in [0, 0.1) is 0 Å². The Kier molecular flexibility index (Phi) is 5.77. The van der Waals surface area contributed by atoms with E-state index in [-0.39, 0.29) is 13.0 Å². The van der Waals surface area contributed by atoms with Crippen molar-refractivity contribution in [3.8, 4) is 11.1 Å². The molecule has 0 saturated carbocycles. The second-order valence-electron chi connectivity index (χ2n) is 6.47. The zero-order valence-electron chi connectivity index (χ0n) is 15.7. The Morgan fingerprint density at radius 1 is 1.24 bits per heavy atom. The summed E-state index contributed by atoms with van der Waals surface area (Å²) in [4.78, 5) is 54.1. The first-order valence-electron chi connectivity index (χ1n) is 8.89. The number of H-pyrrole nitrogens is 1. The highest BCUT2D eigenvalue weighted by atomic mass is 16.4. The number of benzene rings is 1. The van der Waals surface area contributed by atoms with Crippen LogP contribution in [0.3, 0.4) is 0 Å². The Morgan fingerprint density at radius 3 is 2.72 bits per heavy atom. The van der Waals surface area contributed by atoms with Gasteiger partial charge in [0, 0.05) is 43.9 Å². The molecule has 3 amide bonds. The minimum absolute atomic E-state index is 0.136. The normalized spacial score (nSPS) is 16.0. The Hall–Kier alpha value is -3.88. The molecule has 1 atom stereocenters. The van der Waals surface area contributed by atoms with E-state index in [2.05, 4.69) is 10.3 Å². The van der Waals surface area contributed by atoms with Crippen molar-refractivity contribution in [2.75, 3.05) is 18.5 Å². The summed E-state index contributed by atoms with van der Waals surface area (Å²) in [5, 5.41) is 11.3. The third-order valence-electron chi connectivity index (χ3n) is 4.46. The lowest BCUT2D eigenvalue weighted by Crippen LogP contribution is -2.57. The first kappa shape index (κ1) is 19.9. The van der Waals surface area contributed by atoms with Crippen molar-refractivity contribution in [2.45, 2.75) is 12.5 Å². The fraction of sp³-hybridized carbons (Fsp3) is 0.200. The van der Waals surface area contributed by atoms with Crippen LogP contribution < -0.4 is 10.2 Å². The number of nitrogens with zero attached hydrogens (tertiary/aromatic N) is 2. The van der Waals surface area contributed by atoms with Gasteiger partial charge in [0.2, 0.25) is 0 Å². The average molecular weight is 396 g/mol. The Bertz CT molecular complexity index is 967. The van der Waals surface area contributed by atoms with Crippen LogP contribution >= 0.6 is 0 Å². The van der Waals surface area contributed by atoms with Crippen LogP contribution in [0.25, 0.3) is 11.1 Å². The van der Waals surface area contributed by atoms with Gasteiger partial charge in [-0.25, -0.2) is 4.79 Å². The van der Waals surface area contributed by atoms with E-state index < -0.39 is 29.7 Å². The van der Waals surface area contributed by atoms with Gasteiger partial charge in [-0.15, -0.1) is 0 Å². The molecule has 150 valence electrons. The highest BCUT2D eigenvalue weighted by molar-refractivity contribution is 6.19. The van der Waals surface area contributed by atoms with Crippen molar-refractivity contribution in [3.05, 3.63) is 55.0 Å². The molecule has 1 aromatic carbocycles. The first-order valence-corrected chi connectivity index (χ1v) is 8.89. The van der Waals surface area contributed by atoms with E-state index in [1.165, 1.54) is 24.2 Å². The molecule has 2 aromatic rings. The SMILES string of the molecule is CN1C=CC(=O)C(N(C(=O)NCCC(=O)O)c2cccc(-c3cc[nH]c3)c2)C1=O. The number of carbonyl (C=O) groups excluding carboxylic acids is 3. The van der Waals surface area contributed by atoms with Crippen molar-refractivity contribution in [2.24, 2.45) is 0 Å². The van der Waals surface area contributed by atoms with Gasteiger partial charge in [-0.2, -0.15) is 0 Å². The number of hydrogen-bond acceptors (Lipinski definition) is 4. The van der Waals surface area contributed by atoms with Crippen LogP contribution in [0.1, 0.15) is 6.42 Å². The van der Waals surface area contributed by atoms with Gasteiger partial charge in [0.15, 0.2) is 11.8 Å². The molecule has 0 radical (unpaired) electrons. The lowest BCUT2D eigenvalue weighted by atomic mass is 10.0. The fourth-order valence-electron chi connectivity index (χ4n) is 2.99. The smallest absolute Gasteiger partial charge is 0.323 e. The molecule has 3 rings (SSSR count). The van der Waals surface area contributed by atoms with Gasteiger partial charge in [0.25, 0.3) is 5.91 Å². The van der Waals surface area contributed by atoms with Gasteiger partial charge in [-0.05, 0) is 29.3 Å². The van der Waals surface area contributed by atoms with Crippen molar-refractivity contribution >= 4 is 29.4 Å². The topological polar surface area (TPSA) is 123 Å². The van der Waals surface area contributed by atoms with Crippen LogP contribution in [0.5, 0.6) is 0 Å². The summed E-state index contributed by atoms with van der Waals surface area (Å²) in [6.45, 7) is -0.136. The number of anilines is 1. The van der Waals surface area contributed by atoms with Crippen molar-refractivity contribution < 1.29 is 24.3 Å². The Morgan fingerprint density at radius 2 is 2.03 bits per heavy atom. The molecule has 1 unspecified atom stereocenters. The van der Waals surface area contributed by atoms with E-state index in [0.717, 1.165) is 16.0 Å². The third kappa shape index (κ3) is 4.34. The van der Waals surface area contributed by atoms with Gasteiger partial charge < -0.3 is 20.3 Å². The van der Waals surface area contributed by atoms with Gasteiger partial charge >= 0.3 is 12.0 Å². The van der Waals surface area contributed by atoms with E-state index in [1.54, 1.807) is 30.6 Å². The van der Waals surface area contributed by atoms with Crippen molar-refractivity contribution in [1.29, 1.82) is 0 Å². The third-order valence-corrected chi connectivity index (χ3v) is 4.46. The summed E-state index contributed by atoms with van der Waals surface area (Å²) in [6, 6.07) is 6.61. The van der Waals surface area contributed by atoms with Gasteiger partial charge in [0.05, 0.1) is 6.42 Å². The number of carboxylic acids is 1. The van der Waals surface area contributed by atoms with E-state index >= 15 is 0 Å². The number of urea groups is 1. The highest BCUT2D eigenvalue weighted by Crippen LogP contribution is 2.27. The van der Waals surface area contributed by atoms with Gasteiger partial charge in [-0.3, -0.25) is 19.3 Å². The molecule has 9 nitrogen and oxygen atoms in total. The summed E-state index contributed by atoms with van der Waals surface area (Å²) in [5.74, 6) is -2.16. The average Bonchev–Trinajstić information content (AvgIpc) is 3.23. The first-order chi connectivity index (χ1) is 13.9. The molecular formula is C20H20N4O5. The maximum Gasteiger partial charge on any atom is 0.323 e. The summed E-state index contributed by atoms with van der Waals surface area (Å²) in [5.41, 5.74) is 2.00. The maximum atomic E-state index is 12.9. The molecule has 0 spiro atoms. The summed E-state index contributed by atoms with van der Waals surface area (Å²) < 4.78 is 0. The molecule has 2 heterocycles. The fourth-order valence-corrected chi connectivity index (χ4v) is 2.99. The van der Waals surface area contributed by atoms with E-state index in [9.17, 15) is 19.2 Å². The number of aromatic amines is 1. The molecule has 0 bridgehead atoms. The standard InChI is InChI=1S/C20H20N4O5/c1-23-10-7-16(25)18(19(23)28)24(20(29)22-9-6-17(26)27)15-4-2-3-13(11-15)14-5-8-21-12-14/h2-5,7-8,10-12,18,21H,6,9H2,1H3,(H,22,29)(H,26,27). The summed E-state index contributed by atoms with van der Waals surface area (Å²) in [7, 11) is 1.50.